The van der Waals surface area contributed by atoms with Crippen LogP contribution in [0, 0.1) is 0 Å². The minimum absolute atomic E-state index is 0.0738. The Hall–Kier alpha value is -0.690. The van der Waals surface area contributed by atoms with E-state index in [4.69, 9.17) is 5.73 Å². The monoisotopic (exact) mass is 216 g/mol. The molecule has 2 nitrogen and oxygen atoms in total. The molecule has 0 rings (SSSR count). The molecule has 0 saturated heterocycles. The Labute approximate surface area is 76.6 Å². The third-order valence-corrected chi connectivity index (χ3v) is 1.83. The maximum atomic E-state index is 12.6. The molecule has 7 heteroatoms. The number of hydrogen-bond acceptors (Lipinski definition) is 3. The molecule has 0 aromatic carbocycles. The van der Waals surface area contributed by atoms with Gasteiger partial charge in [-0.1, -0.05) is 18.3 Å². The second kappa shape index (κ2) is 4.52. The number of nitrogens with two attached hydrogens (primary N) is 2. The summed E-state index contributed by atoms with van der Waals surface area (Å²) in [5, 5.41) is -1.53. The van der Waals surface area contributed by atoms with E-state index in [0.717, 1.165) is 0 Å². The van der Waals surface area contributed by atoms with Gasteiger partial charge in [0.15, 0.2) is 10.9 Å². The highest BCUT2D eigenvalue weighted by Crippen LogP contribution is 2.32. The van der Waals surface area contributed by atoms with Gasteiger partial charge in [0.2, 0.25) is 0 Å². The minimum Gasteiger partial charge on any atom is -0.392 e. The van der Waals surface area contributed by atoms with Crippen LogP contribution in [0.4, 0.5) is 17.6 Å². The fourth-order valence-corrected chi connectivity index (χ4v) is 0.897. The van der Waals surface area contributed by atoms with Crippen LogP contribution in [0.2, 0.25) is 0 Å². The highest BCUT2D eigenvalue weighted by Gasteiger charge is 2.35. The topological polar surface area (TPSA) is 52.0 Å². The molecule has 0 aliphatic heterocycles. The van der Waals surface area contributed by atoms with Crippen molar-refractivity contribution in [2.45, 2.75) is 6.18 Å². The molecule has 13 heavy (non-hydrogen) atoms. The lowest BCUT2D eigenvalue weighted by Crippen LogP contribution is -2.20. The van der Waals surface area contributed by atoms with E-state index in [1.807, 2.05) is 0 Å². The zero-order chi connectivity index (χ0) is 10.6. The van der Waals surface area contributed by atoms with Crippen LogP contribution in [0.15, 0.2) is 22.3 Å². The Morgan fingerprint density at radius 1 is 1.38 bits per heavy atom. The Balaban J connectivity index is 4.55. The first-order valence-corrected chi connectivity index (χ1v) is 3.88. The average Bonchev–Trinajstić information content (AvgIpc) is 2.01. The first-order chi connectivity index (χ1) is 5.79. The lowest BCUT2D eigenvalue weighted by atomic mass is 10.5. The summed E-state index contributed by atoms with van der Waals surface area (Å²) in [5.41, 5.74) is 7.71. The van der Waals surface area contributed by atoms with Crippen LogP contribution >= 0.6 is 11.8 Å². The zero-order valence-corrected chi connectivity index (χ0v) is 7.31. The third-order valence-electron chi connectivity index (χ3n) is 0.979. The maximum absolute atomic E-state index is 12.6. The number of thioether (sulfide) groups is 1. The van der Waals surface area contributed by atoms with Crippen LogP contribution in [0.5, 0.6) is 0 Å². The van der Waals surface area contributed by atoms with Gasteiger partial charge < -0.3 is 11.5 Å². The van der Waals surface area contributed by atoms with Gasteiger partial charge in [-0.2, -0.15) is 17.6 Å². The van der Waals surface area contributed by atoms with Crippen molar-refractivity contribution < 1.29 is 17.6 Å². The molecule has 0 aromatic rings. The van der Waals surface area contributed by atoms with Crippen molar-refractivity contribution in [2.24, 2.45) is 11.5 Å². The number of alkyl halides is 3. The van der Waals surface area contributed by atoms with E-state index in [2.05, 4.69) is 12.3 Å². The molecule has 0 aliphatic rings. The molecule has 0 fully saturated rings. The van der Waals surface area contributed by atoms with Crippen molar-refractivity contribution >= 4 is 11.8 Å². The van der Waals surface area contributed by atoms with E-state index < -0.39 is 17.0 Å². The van der Waals surface area contributed by atoms with Gasteiger partial charge in [0, 0.05) is 6.54 Å². The average molecular weight is 216 g/mol. The lowest BCUT2D eigenvalue weighted by molar-refractivity contribution is -0.0938. The number of halogens is 4. The molecular weight excluding hydrogens is 208 g/mol. The van der Waals surface area contributed by atoms with Crippen molar-refractivity contribution in [3.63, 3.8) is 0 Å². The van der Waals surface area contributed by atoms with Crippen molar-refractivity contribution in [3.8, 4) is 0 Å². The summed E-state index contributed by atoms with van der Waals surface area (Å²) in [5.74, 6) is 0. The van der Waals surface area contributed by atoms with E-state index in [0.29, 0.717) is 0 Å². The summed E-state index contributed by atoms with van der Waals surface area (Å²) in [6.45, 7) is 3.11. The quantitative estimate of drug-likeness (QED) is 0.708. The van der Waals surface area contributed by atoms with Gasteiger partial charge in [-0.3, -0.25) is 0 Å². The molecular formula is C6H8F4N2S. The number of rotatable bonds is 3. The van der Waals surface area contributed by atoms with Crippen LogP contribution in [0.3, 0.4) is 0 Å². The summed E-state index contributed by atoms with van der Waals surface area (Å²) in [4.78, 5) is 0.0738. The third kappa shape index (κ3) is 4.18. The molecule has 4 N–H and O–H groups in total. The van der Waals surface area contributed by atoms with Crippen molar-refractivity contribution in [3.05, 3.63) is 22.3 Å². The van der Waals surface area contributed by atoms with Crippen LogP contribution in [0.1, 0.15) is 0 Å². The molecule has 0 saturated carbocycles. The normalized spacial score (nSPS) is 13.9. The SMILES string of the molecule is C=C(CN)S/C(F)=C(\N)C(F)(F)F. The summed E-state index contributed by atoms with van der Waals surface area (Å²) in [6.07, 6.45) is -4.86. The molecule has 0 aromatic heterocycles. The van der Waals surface area contributed by atoms with E-state index in [9.17, 15) is 17.6 Å². The molecule has 76 valence electrons. The van der Waals surface area contributed by atoms with Gasteiger partial charge in [-0.25, -0.2) is 0 Å². The van der Waals surface area contributed by atoms with Gasteiger partial charge in [0.05, 0.1) is 0 Å². The second-order valence-electron chi connectivity index (χ2n) is 2.03. The summed E-state index contributed by atoms with van der Waals surface area (Å²) < 4.78 is 47.9. The van der Waals surface area contributed by atoms with Gasteiger partial charge >= 0.3 is 6.18 Å². The first-order valence-electron chi connectivity index (χ1n) is 3.07. The van der Waals surface area contributed by atoms with Crippen molar-refractivity contribution in [2.75, 3.05) is 6.54 Å². The molecule has 0 heterocycles. The Morgan fingerprint density at radius 2 is 1.85 bits per heavy atom. The van der Waals surface area contributed by atoms with Crippen molar-refractivity contribution in [1.82, 2.24) is 0 Å². The van der Waals surface area contributed by atoms with E-state index in [-0.39, 0.29) is 23.2 Å². The standard InChI is InChI=1S/C6H8F4N2S/c1-3(2-11)13-5(7)4(12)6(8,9)10/h1-2,11-12H2/b5-4-. The largest absolute Gasteiger partial charge is 0.434 e. The second-order valence-corrected chi connectivity index (χ2v) is 3.17. The molecule has 0 bridgehead atoms. The summed E-state index contributed by atoms with van der Waals surface area (Å²) in [6, 6.07) is 0. The molecule has 0 spiro atoms. The summed E-state index contributed by atoms with van der Waals surface area (Å²) in [7, 11) is 0. The van der Waals surface area contributed by atoms with E-state index in [1.165, 1.54) is 0 Å². The van der Waals surface area contributed by atoms with Crippen LogP contribution in [-0.2, 0) is 0 Å². The van der Waals surface area contributed by atoms with Gasteiger partial charge in [-0.05, 0) is 4.91 Å². The molecule has 0 aliphatic carbocycles. The highest BCUT2D eigenvalue weighted by atomic mass is 32.2. The van der Waals surface area contributed by atoms with Gasteiger partial charge in [-0.15, -0.1) is 0 Å². The van der Waals surface area contributed by atoms with Gasteiger partial charge in [0.25, 0.3) is 0 Å². The molecule has 0 atom stereocenters. The van der Waals surface area contributed by atoms with Crippen LogP contribution in [0.25, 0.3) is 0 Å². The maximum Gasteiger partial charge on any atom is 0.434 e. The lowest BCUT2D eigenvalue weighted by Gasteiger charge is -2.07. The zero-order valence-electron chi connectivity index (χ0n) is 6.49. The Bertz CT molecular complexity index is 233. The summed E-state index contributed by atoms with van der Waals surface area (Å²) >= 11 is 0.183. The predicted molar refractivity (Wildman–Crippen MR) is 44.2 cm³/mol. The minimum atomic E-state index is -4.86. The first kappa shape index (κ1) is 12.3. The van der Waals surface area contributed by atoms with Gasteiger partial charge in [0.1, 0.15) is 0 Å². The fourth-order valence-electron chi connectivity index (χ4n) is 0.335. The van der Waals surface area contributed by atoms with Crippen LogP contribution < -0.4 is 11.5 Å². The van der Waals surface area contributed by atoms with Crippen molar-refractivity contribution in [1.29, 1.82) is 0 Å². The molecule has 0 unspecified atom stereocenters. The van der Waals surface area contributed by atoms with E-state index >= 15 is 0 Å². The number of allylic oxidation sites excluding steroid dienone is 1. The highest BCUT2D eigenvalue weighted by molar-refractivity contribution is 8.06. The fraction of sp³-hybridized carbons (Fsp3) is 0.333. The van der Waals surface area contributed by atoms with E-state index in [1.54, 1.807) is 0 Å². The predicted octanol–water partition coefficient (Wildman–Crippen LogP) is 1.85. The smallest absolute Gasteiger partial charge is 0.392 e. The molecule has 0 radical (unpaired) electrons. The van der Waals surface area contributed by atoms with Crippen LogP contribution in [-0.4, -0.2) is 12.7 Å². The number of hydrogen-bond donors (Lipinski definition) is 2. The Morgan fingerprint density at radius 3 is 2.15 bits per heavy atom. The molecule has 0 amide bonds. The Kier molecular flexibility index (Phi) is 4.28.